The summed E-state index contributed by atoms with van der Waals surface area (Å²) in [5.41, 5.74) is 0. The van der Waals surface area contributed by atoms with Crippen molar-refractivity contribution in [3.05, 3.63) is 0 Å². The predicted molar refractivity (Wildman–Crippen MR) is 27.5 cm³/mol. The molecule has 0 N–H and O–H groups in total. The van der Waals surface area contributed by atoms with Crippen molar-refractivity contribution in [2.75, 3.05) is 0 Å². The fraction of sp³-hybridized carbons (Fsp3) is 0. The summed E-state index contributed by atoms with van der Waals surface area (Å²) in [6.45, 7) is 0. The molecule has 0 aliphatic carbocycles. The van der Waals surface area contributed by atoms with Crippen molar-refractivity contribution in [1.29, 1.82) is 0 Å². The summed E-state index contributed by atoms with van der Waals surface area (Å²) >= 11 is -1.62. The molecule has 0 atom stereocenters. The molecule has 0 aliphatic heterocycles. The van der Waals surface area contributed by atoms with Crippen molar-refractivity contribution in [3.8, 4) is 0 Å². The van der Waals surface area contributed by atoms with Gasteiger partial charge in [-0.05, 0) is 0 Å². The van der Waals surface area contributed by atoms with Crippen LogP contribution in [0.15, 0.2) is 0 Å². The zero-order valence-corrected chi connectivity index (χ0v) is 7.15. The molecular formula is H3AlCl3CrTi. The van der Waals surface area contributed by atoms with E-state index in [1.807, 2.05) is 0 Å². The molecule has 0 aliphatic rings. The van der Waals surface area contributed by atoms with Crippen LogP contribution in [0.1, 0.15) is 0 Å². The van der Waals surface area contributed by atoms with E-state index in [0.29, 0.717) is 0 Å². The van der Waals surface area contributed by atoms with Gasteiger partial charge in [-0.3, -0.25) is 0 Å². The van der Waals surface area contributed by atoms with Gasteiger partial charge < -0.3 is 0 Å². The van der Waals surface area contributed by atoms with Gasteiger partial charge in [-0.2, -0.15) is 0 Å². The third kappa shape index (κ3) is 30.2. The second-order valence-corrected chi connectivity index (χ2v) is 6.49. The molecule has 0 amide bonds. The molecule has 0 aromatic heterocycles. The van der Waals surface area contributed by atoms with Crippen LogP contribution in [0.2, 0.25) is 0 Å². The smallest absolute Gasteiger partial charge is 0 e. The van der Waals surface area contributed by atoms with E-state index < -0.39 is 11.4 Å². The van der Waals surface area contributed by atoms with Crippen LogP contribution in [-0.4, -0.2) is 17.4 Å². The predicted octanol–water partition coefficient (Wildman–Crippen LogP) is 0.880. The topological polar surface area (TPSA) is 0 Å². The molecule has 0 unspecified atom stereocenters. The molecule has 0 spiro atoms. The van der Waals surface area contributed by atoms with Crippen LogP contribution in [0.4, 0.5) is 0 Å². The Kier molecular flexibility index (Phi) is 28.0. The summed E-state index contributed by atoms with van der Waals surface area (Å²) in [6, 6.07) is 0. The fourth-order valence-corrected chi connectivity index (χ4v) is 0. The third-order valence-corrected chi connectivity index (χ3v) is 0. The average molecular weight is 236 g/mol. The molecule has 0 rings (SSSR count). The maximum absolute atomic E-state index is 4.93. The Morgan fingerprint density at radius 1 is 1.00 bits per heavy atom. The van der Waals surface area contributed by atoms with Crippen LogP contribution in [0.3, 0.4) is 0 Å². The first kappa shape index (κ1) is 15.9. The molecule has 0 saturated carbocycles. The van der Waals surface area contributed by atoms with Gasteiger partial charge in [0.2, 0.25) is 0 Å². The summed E-state index contributed by atoms with van der Waals surface area (Å²) in [6.07, 6.45) is 0. The van der Waals surface area contributed by atoms with Crippen molar-refractivity contribution in [3.63, 3.8) is 0 Å². The summed E-state index contributed by atoms with van der Waals surface area (Å²) in [7, 11) is 14.8. The van der Waals surface area contributed by atoms with Gasteiger partial charge in [0.05, 0.1) is 0 Å². The Hall–Kier alpha value is 2.65. The number of hydrogen-bond donors (Lipinski definition) is 0. The van der Waals surface area contributed by atoms with Gasteiger partial charge in [-0.1, -0.05) is 0 Å². The van der Waals surface area contributed by atoms with Crippen molar-refractivity contribution in [2.45, 2.75) is 0 Å². The molecule has 37 valence electrons. The van der Waals surface area contributed by atoms with E-state index in [0.717, 1.165) is 0 Å². The molecule has 0 bridgehead atoms. The van der Waals surface area contributed by atoms with Crippen LogP contribution < -0.4 is 0 Å². The Morgan fingerprint density at radius 3 is 1.00 bits per heavy atom. The van der Waals surface area contributed by atoms with Crippen LogP contribution in [-0.2, 0) is 33.1 Å². The van der Waals surface area contributed by atoms with E-state index in [2.05, 4.69) is 0 Å². The van der Waals surface area contributed by atoms with Gasteiger partial charge in [0.15, 0.2) is 17.4 Å². The van der Waals surface area contributed by atoms with Crippen molar-refractivity contribution >= 4 is 47.5 Å². The molecule has 0 aromatic carbocycles. The van der Waals surface area contributed by atoms with Crippen LogP contribution >= 0.6 is 30.1 Å². The largest absolute Gasteiger partial charge is 0 e. The van der Waals surface area contributed by atoms with E-state index >= 15 is 0 Å². The average Bonchev–Trinajstić information content (AvgIpc) is 0.811. The first-order valence-electron chi connectivity index (χ1n) is 0.463. The van der Waals surface area contributed by atoms with Gasteiger partial charge in [0.25, 0.3) is 0 Å². The van der Waals surface area contributed by atoms with Crippen molar-refractivity contribution < 1.29 is 33.1 Å². The minimum absolute atomic E-state index is 0. The quantitative estimate of drug-likeness (QED) is 0.548. The Labute approximate surface area is 79.5 Å². The van der Waals surface area contributed by atoms with Crippen LogP contribution in [0, 0.1) is 0 Å². The van der Waals surface area contributed by atoms with E-state index in [1.54, 1.807) is 0 Å². The van der Waals surface area contributed by atoms with E-state index in [9.17, 15) is 0 Å². The maximum Gasteiger partial charge on any atom is 0 e. The molecule has 6 heavy (non-hydrogen) atoms. The number of rotatable bonds is 0. The summed E-state index contributed by atoms with van der Waals surface area (Å²) < 4.78 is 0. The molecule has 0 aromatic rings. The van der Waals surface area contributed by atoms with Gasteiger partial charge >= 0.3 is 41.5 Å². The zero-order valence-electron chi connectivity index (χ0n) is 2.04. The summed E-state index contributed by atoms with van der Waals surface area (Å²) in [5, 5.41) is 0. The molecule has 0 radical (unpaired) electrons. The third-order valence-electron chi connectivity index (χ3n) is 0. The zero-order chi connectivity index (χ0) is 3.58. The van der Waals surface area contributed by atoms with E-state index in [4.69, 9.17) is 30.1 Å². The standard InChI is InChI=1S/Al.3ClH.Cr.Ti.3H/h;3*1H;;;;;/q;;;;+3;;;;/p-3. The summed E-state index contributed by atoms with van der Waals surface area (Å²) in [5.74, 6) is 0. The molecule has 0 saturated heterocycles. The minimum atomic E-state index is -1.62. The molecule has 0 nitrogen and oxygen atoms in total. The SMILES string of the molecule is [AlH3].[Cl][Cr]([Cl])[Cl].[Ti]. The summed E-state index contributed by atoms with van der Waals surface area (Å²) in [4.78, 5) is 0. The minimum Gasteiger partial charge on any atom is 0 e. The molecular weight excluding hydrogens is 233 g/mol. The fourth-order valence-electron chi connectivity index (χ4n) is 0. The molecule has 0 heterocycles. The van der Waals surface area contributed by atoms with Gasteiger partial charge in [-0.15, -0.1) is 0 Å². The molecule has 6 heteroatoms. The molecule has 0 fully saturated rings. The first-order chi connectivity index (χ1) is 1.73. The van der Waals surface area contributed by atoms with Crippen molar-refractivity contribution in [1.82, 2.24) is 0 Å². The Morgan fingerprint density at radius 2 is 1.00 bits per heavy atom. The van der Waals surface area contributed by atoms with E-state index in [1.165, 1.54) is 0 Å². The second-order valence-electron chi connectivity index (χ2n) is 0.175. The Bertz CT molecular complexity index is 15.5. The number of hydrogen-bond acceptors (Lipinski definition) is 0. The second kappa shape index (κ2) is 10.6. The number of halogens is 3. The van der Waals surface area contributed by atoms with Gasteiger partial charge in [0.1, 0.15) is 0 Å². The van der Waals surface area contributed by atoms with E-state index in [-0.39, 0.29) is 39.1 Å². The normalized spacial score (nSPS) is 6.00. The monoisotopic (exact) mass is 235 g/mol. The van der Waals surface area contributed by atoms with Gasteiger partial charge in [-0.25, -0.2) is 0 Å². The maximum atomic E-state index is 4.93. The van der Waals surface area contributed by atoms with Crippen LogP contribution in [0.5, 0.6) is 0 Å². The van der Waals surface area contributed by atoms with Gasteiger partial charge in [0, 0.05) is 21.7 Å². The van der Waals surface area contributed by atoms with Crippen LogP contribution in [0.25, 0.3) is 0 Å². The first-order valence-corrected chi connectivity index (χ1v) is 5.73. The van der Waals surface area contributed by atoms with Crippen molar-refractivity contribution in [2.24, 2.45) is 0 Å². The Balaban J connectivity index is -0.0000000450.